The van der Waals surface area contributed by atoms with E-state index in [1.54, 1.807) is 0 Å². The average molecular weight is 311 g/mol. The standard InChI is InChI=1S/C19H19ClN2/c1-19(2,13-22)17-7-5-15(6-8-17)16(12-21)11-14-3-9-18(20)10-4-14/h3-11H,13,22H2,1-2H3/b16-11+. The molecule has 112 valence electrons. The van der Waals surface area contributed by atoms with Crippen LogP contribution in [0.5, 0.6) is 0 Å². The smallest absolute Gasteiger partial charge is 0.0998 e. The summed E-state index contributed by atoms with van der Waals surface area (Å²) < 4.78 is 0. The lowest BCUT2D eigenvalue weighted by Crippen LogP contribution is -2.27. The summed E-state index contributed by atoms with van der Waals surface area (Å²) >= 11 is 5.88. The van der Waals surface area contributed by atoms with E-state index in [-0.39, 0.29) is 5.41 Å². The molecular formula is C19H19ClN2. The maximum atomic E-state index is 9.41. The normalized spacial score (nSPS) is 12.0. The molecule has 0 heterocycles. The third kappa shape index (κ3) is 3.76. The maximum absolute atomic E-state index is 9.41. The first-order valence-corrected chi connectivity index (χ1v) is 7.52. The quantitative estimate of drug-likeness (QED) is 0.660. The molecule has 0 aromatic heterocycles. The van der Waals surface area contributed by atoms with Crippen LogP contribution in [0.1, 0.15) is 30.5 Å². The lowest BCUT2D eigenvalue weighted by atomic mass is 9.84. The summed E-state index contributed by atoms with van der Waals surface area (Å²) in [5, 5.41) is 10.1. The van der Waals surface area contributed by atoms with Gasteiger partial charge >= 0.3 is 0 Å². The fraction of sp³-hybridized carbons (Fsp3) is 0.211. The zero-order chi connectivity index (χ0) is 16.2. The van der Waals surface area contributed by atoms with Gasteiger partial charge in [0.2, 0.25) is 0 Å². The molecule has 0 radical (unpaired) electrons. The second-order valence-corrected chi connectivity index (χ2v) is 6.32. The summed E-state index contributed by atoms with van der Waals surface area (Å²) in [6, 6.07) is 17.7. The summed E-state index contributed by atoms with van der Waals surface area (Å²) in [6.07, 6.45) is 1.86. The Bertz CT molecular complexity index is 705. The summed E-state index contributed by atoms with van der Waals surface area (Å²) in [5.74, 6) is 0. The molecular weight excluding hydrogens is 292 g/mol. The summed E-state index contributed by atoms with van der Waals surface area (Å²) in [7, 11) is 0. The molecule has 2 N–H and O–H groups in total. The molecule has 3 heteroatoms. The Labute approximate surface area is 136 Å². The number of benzene rings is 2. The average Bonchev–Trinajstić information content (AvgIpc) is 2.54. The number of nitrogens with two attached hydrogens (primary N) is 1. The van der Waals surface area contributed by atoms with Gasteiger partial charge < -0.3 is 5.73 Å². The van der Waals surface area contributed by atoms with Crippen molar-refractivity contribution in [2.75, 3.05) is 6.54 Å². The van der Waals surface area contributed by atoms with Gasteiger partial charge in [0, 0.05) is 17.0 Å². The van der Waals surface area contributed by atoms with Gasteiger partial charge in [0.15, 0.2) is 0 Å². The number of hydrogen-bond donors (Lipinski definition) is 1. The van der Waals surface area contributed by atoms with Gasteiger partial charge in [0.25, 0.3) is 0 Å². The van der Waals surface area contributed by atoms with Crippen LogP contribution < -0.4 is 5.73 Å². The Hall–Kier alpha value is -2.08. The van der Waals surface area contributed by atoms with E-state index in [1.807, 2.05) is 54.6 Å². The van der Waals surface area contributed by atoms with Gasteiger partial charge in [0.05, 0.1) is 11.6 Å². The Morgan fingerprint density at radius 1 is 1.14 bits per heavy atom. The highest BCUT2D eigenvalue weighted by Crippen LogP contribution is 2.25. The van der Waals surface area contributed by atoms with Crippen molar-refractivity contribution in [2.24, 2.45) is 5.73 Å². The lowest BCUT2D eigenvalue weighted by molar-refractivity contribution is 0.539. The lowest BCUT2D eigenvalue weighted by Gasteiger charge is -2.23. The van der Waals surface area contributed by atoms with Gasteiger partial charge in [0.1, 0.15) is 0 Å². The van der Waals surface area contributed by atoms with Crippen molar-refractivity contribution >= 4 is 23.3 Å². The van der Waals surface area contributed by atoms with Crippen LogP contribution in [-0.2, 0) is 5.41 Å². The second-order valence-electron chi connectivity index (χ2n) is 5.89. The van der Waals surface area contributed by atoms with Crippen LogP contribution >= 0.6 is 11.6 Å². The molecule has 0 aliphatic heterocycles. The van der Waals surface area contributed by atoms with E-state index >= 15 is 0 Å². The number of hydrogen-bond acceptors (Lipinski definition) is 2. The van der Waals surface area contributed by atoms with Gasteiger partial charge in [-0.25, -0.2) is 0 Å². The highest BCUT2D eigenvalue weighted by Gasteiger charge is 2.18. The molecule has 0 aliphatic carbocycles. The molecule has 2 rings (SSSR count). The molecule has 0 saturated heterocycles. The minimum Gasteiger partial charge on any atom is -0.330 e. The Balaban J connectivity index is 2.32. The van der Waals surface area contributed by atoms with Crippen LogP contribution in [0.3, 0.4) is 0 Å². The maximum Gasteiger partial charge on any atom is 0.0998 e. The van der Waals surface area contributed by atoms with Gasteiger partial charge in [-0.2, -0.15) is 5.26 Å². The van der Waals surface area contributed by atoms with Crippen molar-refractivity contribution in [1.29, 1.82) is 5.26 Å². The molecule has 0 spiro atoms. The van der Waals surface area contributed by atoms with Crippen LogP contribution in [-0.4, -0.2) is 6.54 Å². The van der Waals surface area contributed by atoms with Crippen molar-refractivity contribution in [3.05, 3.63) is 70.2 Å². The number of rotatable bonds is 4. The highest BCUT2D eigenvalue weighted by molar-refractivity contribution is 6.30. The monoisotopic (exact) mass is 310 g/mol. The SMILES string of the molecule is CC(C)(CN)c1ccc(/C(C#N)=C/c2ccc(Cl)cc2)cc1. The molecule has 0 unspecified atom stereocenters. The fourth-order valence-corrected chi connectivity index (χ4v) is 2.25. The number of allylic oxidation sites excluding steroid dienone is 1. The van der Waals surface area contributed by atoms with Gasteiger partial charge in [-0.1, -0.05) is 61.8 Å². The van der Waals surface area contributed by atoms with Crippen LogP contribution in [0.25, 0.3) is 11.6 Å². The van der Waals surface area contributed by atoms with E-state index in [0.29, 0.717) is 17.1 Å². The predicted molar refractivity (Wildman–Crippen MR) is 93.5 cm³/mol. The van der Waals surface area contributed by atoms with E-state index in [1.165, 1.54) is 5.56 Å². The molecule has 0 atom stereocenters. The van der Waals surface area contributed by atoms with E-state index in [9.17, 15) is 5.26 Å². The third-order valence-corrected chi connectivity index (χ3v) is 4.04. The molecule has 0 bridgehead atoms. The minimum atomic E-state index is -0.0643. The Kier molecular flexibility index (Phi) is 5.03. The summed E-state index contributed by atoms with van der Waals surface area (Å²) in [5.41, 5.74) is 9.38. The molecule has 2 nitrogen and oxygen atoms in total. The molecule has 2 aromatic rings. The van der Waals surface area contributed by atoms with Gasteiger partial charge in [-0.3, -0.25) is 0 Å². The van der Waals surface area contributed by atoms with E-state index in [0.717, 1.165) is 11.1 Å². The van der Waals surface area contributed by atoms with E-state index < -0.39 is 0 Å². The zero-order valence-corrected chi connectivity index (χ0v) is 13.6. The van der Waals surface area contributed by atoms with Crippen molar-refractivity contribution in [3.8, 4) is 6.07 Å². The van der Waals surface area contributed by atoms with Crippen LogP contribution in [0.2, 0.25) is 5.02 Å². The fourth-order valence-electron chi connectivity index (χ4n) is 2.12. The first-order valence-electron chi connectivity index (χ1n) is 7.14. The number of halogens is 1. The molecule has 0 amide bonds. The Morgan fingerprint density at radius 3 is 2.23 bits per heavy atom. The first kappa shape index (κ1) is 16.3. The van der Waals surface area contributed by atoms with Crippen LogP contribution in [0.4, 0.5) is 0 Å². The van der Waals surface area contributed by atoms with Crippen molar-refractivity contribution in [1.82, 2.24) is 0 Å². The highest BCUT2D eigenvalue weighted by atomic mass is 35.5. The molecule has 0 fully saturated rings. The predicted octanol–water partition coefficient (Wildman–Crippen LogP) is 4.64. The first-order chi connectivity index (χ1) is 10.5. The van der Waals surface area contributed by atoms with E-state index in [4.69, 9.17) is 17.3 Å². The zero-order valence-electron chi connectivity index (χ0n) is 12.8. The topological polar surface area (TPSA) is 49.8 Å². The minimum absolute atomic E-state index is 0.0643. The van der Waals surface area contributed by atoms with Gasteiger partial charge in [-0.05, 0) is 34.9 Å². The summed E-state index contributed by atoms with van der Waals surface area (Å²) in [4.78, 5) is 0. The molecule has 0 saturated carbocycles. The summed E-state index contributed by atoms with van der Waals surface area (Å²) in [6.45, 7) is 4.80. The molecule has 22 heavy (non-hydrogen) atoms. The third-order valence-electron chi connectivity index (χ3n) is 3.79. The number of nitriles is 1. The second kappa shape index (κ2) is 6.79. The van der Waals surface area contributed by atoms with Crippen LogP contribution in [0.15, 0.2) is 48.5 Å². The molecule has 2 aromatic carbocycles. The molecule has 0 aliphatic rings. The Morgan fingerprint density at radius 2 is 1.73 bits per heavy atom. The van der Waals surface area contributed by atoms with Crippen molar-refractivity contribution < 1.29 is 0 Å². The van der Waals surface area contributed by atoms with E-state index in [2.05, 4.69) is 19.9 Å². The van der Waals surface area contributed by atoms with Crippen molar-refractivity contribution in [3.63, 3.8) is 0 Å². The van der Waals surface area contributed by atoms with Crippen LogP contribution in [0, 0.1) is 11.3 Å². The number of nitrogens with zero attached hydrogens (tertiary/aromatic N) is 1. The van der Waals surface area contributed by atoms with Crippen molar-refractivity contribution in [2.45, 2.75) is 19.3 Å². The largest absolute Gasteiger partial charge is 0.330 e. The van der Waals surface area contributed by atoms with Gasteiger partial charge in [-0.15, -0.1) is 0 Å².